The van der Waals surface area contributed by atoms with Crippen molar-refractivity contribution in [3.05, 3.63) is 29.8 Å². The van der Waals surface area contributed by atoms with E-state index in [1.807, 2.05) is 38.1 Å². The number of hydrogen-bond acceptors (Lipinski definition) is 3. The topological polar surface area (TPSA) is 47.6 Å². The van der Waals surface area contributed by atoms with Gasteiger partial charge in [0.25, 0.3) is 0 Å². The van der Waals surface area contributed by atoms with Crippen LogP contribution in [0.4, 0.5) is 0 Å². The summed E-state index contributed by atoms with van der Waals surface area (Å²) >= 11 is 0. The Morgan fingerprint density at radius 3 is 2.82 bits per heavy atom. The van der Waals surface area contributed by atoms with Gasteiger partial charge >= 0.3 is 0 Å². The Labute approximate surface area is 102 Å². The molecule has 4 nitrogen and oxygen atoms in total. The zero-order valence-corrected chi connectivity index (χ0v) is 10.5. The van der Waals surface area contributed by atoms with E-state index in [1.54, 1.807) is 0 Å². The molecule has 0 unspecified atom stereocenters. The molecule has 0 saturated carbocycles. The highest BCUT2D eigenvalue weighted by atomic mass is 16.5. The summed E-state index contributed by atoms with van der Waals surface area (Å²) in [6, 6.07) is 7.68. The van der Waals surface area contributed by atoms with Gasteiger partial charge in [-0.05, 0) is 31.5 Å². The minimum Gasteiger partial charge on any atom is -0.491 e. The van der Waals surface area contributed by atoms with Crippen LogP contribution in [0.25, 0.3) is 0 Å². The highest BCUT2D eigenvalue weighted by Gasteiger charge is 2.02. The maximum Gasteiger partial charge on any atom is 0.246 e. The molecule has 0 atom stereocenters. The van der Waals surface area contributed by atoms with Crippen LogP contribution in [-0.4, -0.2) is 25.7 Å². The van der Waals surface area contributed by atoms with Crippen molar-refractivity contribution in [3.8, 4) is 5.75 Å². The summed E-state index contributed by atoms with van der Waals surface area (Å²) in [6.07, 6.45) is 0.147. The zero-order valence-electron chi connectivity index (χ0n) is 10.5. The van der Waals surface area contributed by atoms with Gasteiger partial charge in [-0.3, -0.25) is 4.79 Å². The van der Waals surface area contributed by atoms with E-state index in [9.17, 15) is 4.79 Å². The highest BCUT2D eigenvalue weighted by molar-refractivity contribution is 5.77. The molecular weight excluding hydrogens is 218 g/mol. The Morgan fingerprint density at radius 1 is 1.41 bits per heavy atom. The van der Waals surface area contributed by atoms with Crippen LogP contribution in [0.1, 0.15) is 19.4 Å². The summed E-state index contributed by atoms with van der Waals surface area (Å²) in [5.41, 5.74) is 1.01. The maximum absolute atomic E-state index is 11.2. The van der Waals surface area contributed by atoms with Gasteiger partial charge in [0.05, 0.1) is 6.10 Å². The highest BCUT2D eigenvalue weighted by Crippen LogP contribution is 2.14. The summed E-state index contributed by atoms with van der Waals surface area (Å²) in [7, 11) is 1.50. The van der Waals surface area contributed by atoms with Crippen molar-refractivity contribution >= 4 is 5.91 Å². The average Bonchev–Trinajstić information content (AvgIpc) is 2.26. The second-order valence-electron chi connectivity index (χ2n) is 4.02. The molecule has 0 aromatic heterocycles. The van der Waals surface area contributed by atoms with Gasteiger partial charge in [-0.1, -0.05) is 12.1 Å². The van der Waals surface area contributed by atoms with Crippen molar-refractivity contribution in [1.29, 1.82) is 0 Å². The van der Waals surface area contributed by atoms with Crippen LogP contribution in [0, 0.1) is 0 Å². The molecule has 0 heterocycles. The lowest BCUT2D eigenvalue weighted by Gasteiger charge is -2.11. The first-order valence-corrected chi connectivity index (χ1v) is 5.63. The molecule has 1 aromatic carbocycles. The van der Waals surface area contributed by atoms with Gasteiger partial charge in [0.1, 0.15) is 12.4 Å². The molecule has 17 heavy (non-hydrogen) atoms. The summed E-state index contributed by atoms with van der Waals surface area (Å²) < 4.78 is 10.3. The predicted octanol–water partition coefficient (Wildman–Crippen LogP) is 1.74. The van der Waals surface area contributed by atoms with Crippen LogP contribution < -0.4 is 10.1 Å². The summed E-state index contributed by atoms with van der Waals surface area (Å²) in [5.74, 6) is 0.696. The van der Waals surface area contributed by atoms with Crippen LogP contribution in [0.5, 0.6) is 5.75 Å². The molecule has 0 radical (unpaired) electrons. The van der Waals surface area contributed by atoms with Crippen LogP contribution in [0.15, 0.2) is 24.3 Å². The molecule has 0 saturated heterocycles. The second kappa shape index (κ2) is 6.91. The smallest absolute Gasteiger partial charge is 0.246 e. The number of carbonyl (C=O) groups excluding carboxylic acids is 1. The minimum absolute atomic E-state index is 0.0855. The van der Waals surface area contributed by atoms with Crippen LogP contribution in [0.3, 0.4) is 0 Å². The van der Waals surface area contributed by atoms with Crippen molar-refractivity contribution < 1.29 is 14.3 Å². The van der Waals surface area contributed by atoms with Crippen molar-refractivity contribution in [2.45, 2.75) is 26.5 Å². The summed E-state index contributed by atoms with van der Waals surface area (Å²) in [6.45, 7) is 4.53. The number of rotatable bonds is 6. The van der Waals surface area contributed by atoms with E-state index in [1.165, 1.54) is 7.11 Å². The molecule has 0 fully saturated rings. The molecule has 1 rings (SSSR count). The SMILES string of the molecule is COCC(=O)NCc1cccc(OC(C)C)c1. The fraction of sp³-hybridized carbons (Fsp3) is 0.462. The molecule has 0 aliphatic rings. The van der Waals surface area contributed by atoms with E-state index in [-0.39, 0.29) is 18.6 Å². The Bertz CT molecular complexity index is 363. The largest absolute Gasteiger partial charge is 0.491 e. The molecule has 1 aromatic rings. The summed E-state index contributed by atoms with van der Waals surface area (Å²) in [4.78, 5) is 11.2. The monoisotopic (exact) mass is 237 g/mol. The average molecular weight is 237 g/mol. The number of amides is 1. The fourth-order valence-electron chi connectivity index (χ4n) is 1.38. The van der Waals surface area contributed by atoms with Gasteiger partial charge in [0.2, 0.25) is 5.91 Å². The van der Waals surface area contributed by atoms with Crippen molar-refractivity contribution in [3.63, 3.8) is 0 Å². The zero-order chi connectivity index (χ0) is 12.7. The van der Waals surface area contributed by atoms with E-state index in [0.717, 1.165) is 11.3 Å². The number of hydrogen-bond donors (Lipinski definition) is 1. The fourth-order valence-corrected chi connectivity index (χ4v) is 1.38. The van der Waals surface area contributed by atoms with Gasteiger partial charge < -0.3 is 14.8 Å². The summed E-state index contributed by atoms with van der Waals surface area (Å²) in [5, 5.41) is 2.76. The van der Waals surface area contributed by atoms with Gasteiger partial charge in [-0.15, -0.1) is 0 Å². The number of carbonyl (C=O) groups is 1. The lowest BCUT2D eigenvalue weighted by atomic mass is 10.2. The van der Waals surface area contributed by atoms with Crippen LogP contribution >= 0.6 is 0 Å². The molecule has 1 amide bonds. The van der Waals surface area contributed by atoms with Gasteiger partial charge in [-0.25, -0.2) is 0 Å². The second-order valence-corrected chi connectivity index (χ2v) is 4.02. The number of nitrogens with one attached hydrogen (secondary N) is 1. The molecule has 0 aliphatic heterocycles. The lowest BCUT2D eigenvalue weighted by molar-refractivity contribution is -0.124. The van der Waals surface area contributed by atoms with E-state index >= 15 is 0 Å². The van der Waals surface area contributed by atoms with Crippen molar-refractivity contribution in [2.24, 2.45) is 0 Å². The van der Waals surface area contributed by atoms with Gasteiger partial charge in [0.15, 0.2) is 0 Å². The van der Waals surface area contributed by atoms with E-state index in [4.69, 9.17) is 9.47 Å². The molecule has 94 valence electrons. The quantitative estimate of drug-likeness (QED) is 0.819. The Balaban J connectivity index is 2.51. The van der Waals surface area contributed by atoms with E-state index in [2.05, 4.69) is 5.32 Å². The number of methoxy groups -OCH3 is 1. The van der Waals surface area contributed by atoms with Crippen LogP contribution in [0.2, 0.25) is 0 Å². The maximum atomic E-state index is 11.2. The van der Waals surface area contributed by atoms with E-state index in [0.29, 0.717) is 6.54 Å². The molecule has 0 bridgehead atoms. The standard InChI is InChI=1S/C13H19NO3/c1-10(2)17-12-6-4-5-11(7-12)8-14-13(15)9-16-3/h4-7,10H,8-9H2,1-3H3,(H,14,15). The molecule has 4 heteroatoms. The van der Waals surface area contributed by atoms with Crippen LogP contribution in [-0.2, 0) is 16.1 Å². The number of benzene rings is 1. The molecule has 1 N–H and O–H groups in total. The molecular formula is C13H19NO3. The van der Waals surface area contributed by atoms with Gasteiger partial charge in [0, 0.05) is 13.7 Å². The van der Waals surface area contributed by atoms with E-state index < -0.39 is 0 Å². The van der Waals surface area contributed by atoms with Crippen molar-refractivity contribution in [1.82, 2.24) is 5.32 Å². The Kier molecular flexibility index (Phi) is 5.49. The Morgan fingerprint density at radius 2 is 2.18 bits per heavy atom. The van der Waals surface area contributed by atoms with Gasteiger partial charge in [-0.2, -0.15) is 0 Å². The third kappa shape index (κ3) is 5.36. The predicted molar refractivity (Wildman–Crippen MR) is 65.9 cm³/mol. The lowest BCUT2D eigenvalue weighted by Crippen LogP contribution is -2.26. The third-order valence-electron chi connectivity index (χ3n) is 2.04. The van der Waals surface area contributed by atoms with Crippen molar-refractivity contribution in [2.75, 3.05) is 13.7 Å². The molecule has 0 spiro atoms. The normalized spacial score (nSPS) is 10.4. The first kappa shape index (κ1) is 13.5. The first-order valence-electron chi connectivity index (χ1n) is 5.63. The number of ether oxygens (including phenoxy) is 2. The molecule has 0 aliphatic carbocycles. The third-order valence-corrected chi connectivity index (χ3v) is 2.04. The first-order chi connectivity index (χ1) is 8.11. The minimum atomic E-state index is -0.123. The Hall–Kier alpha value is -1.55.